The number of nitrogens with one attached hydrogen (secondary N) is 1. The molecule has 0 fully saturated rings. The maximum Gasteiger partial charge on any atom is 0.359 e. The molecule has 0 saturated heterocycles. The van der Waals surface area contributed by atoms with Crippen LogP contribution in [0.3, 0.4) is 0 Å². The number of halogens is 2. The smallest absolute Gasteiger partial charge is 0.359 e. The fourth-order valence-electron chi connectivity index (χ4n) is 1.38. The number of anilines is 1. The highest BCUT2D eigenvalue weighted by Crippen LogP contribution is 2.24. The van der Waals surface area contributed by atoms with Crippen LogP contribution in [-0.2, 0) is 9.53 Å². The number of esters is 1. The summed E-state index contributed by atoms with van der Waals surface area (Å²) in [5.74, 6) is -1.24. The molecule has 0 spiro atoms. The second kappa shape index (κ2) is 7.01. The maximum atomic E-state index is 11.6. The number of amides is 1. The van der Waals surface area contributed by atoms with E-state index >= 15 is 0 Å². The van der Waals surface area contributed by atoms with Crippen molar-refractivity contribution in [2.75, 3.05) is 11.9 Å². The molecular weight excluding hydrogens is 317 g/mol. The van der Waals surface area contributed by atoms with Gasteiger partial charge in [0.1, 0.15) is 0 Å². The number of rotatable bonds is 4. The van der Waals surface area contributed by atoms with E-state index in [9.17, 15) is 9.59 Å². The van der Waals surface area contributed by atoms with Gasteiger partial charge >= 0.3 is 5.97 Å². The fourth-order valence-corrected chi connectivity index (χ4v) is 1.68. The van der Waals surface area contributed by atoms with E-state index < -0.39 is 18.5 Å². The van der Waals surface area contributed by atoms with Crippen molar-refractivity contribution in [3.05, 3.63) is 52.5 Å². The third-order valence-corrected chi connectivity index (χ3v) is 3.05. The molecule has 21 heavy (non-hydrogen) atoms. The van der Waals surface area contributed by atoms with Crippen LogP contribution in [0.2, 0.25) is 10.0 Å². The summed E-state index contributed by atoms with van der Waals surface area (Å²) in [5.41, 5.74) is 0.477. The number of carbonyl (C=O) groups excluding carboxylic acids is 2. The predicted octanol–water partition coefficient (Wildman–Crippen LogP) is 2.58. The van der Waals surface area contributed by atoms with Crippen LogP contribution < -0.4 is 5.32 Å². The van der Waals surface area contributed by atoms with Crippen molar-refractivity contribution in [1.82, 2.24) is 9.97 Å². The Morgan fingerprint density at radius 1 is 1.19 bits per heavy atom. The lowest BCUT2D eigenvalue weighted by atomic mass is 10.3. The molecular formula is C13H9Cl2N3O3. The van der Waals surface area contributed by atoms with Crippen molar-refractivity contribution in [2.45, 2.75) is 0 Å². The number of carbonyl (C=O) groups is 2. The molecule has 0 bridgehead atoms. The third kappa shape index (κ3) is 4.40. The van der Waals surface area contributed by atoms with Crippen LogP contribution >= 0.6 is 23.2 Å². The molecule has 2 aromatic rings. The van der Waals surface area contributed by atoms with Crippen molar-refractivity contribution in [3.8, 4) is 0 Å². The number of aromatic nitrogens is 2. The Labute approximate surface area is 130 Å². The van der Waals surface area contributed by atoms with Crippen LogP contribution in [0.5, 0.6) is 0 Å². The molecule has 0 saturated carbocycles. The van der Waals surface area contributed by atoms with Gasteiger partial charge in [0.25, 0.3) is 5.91 Å². The van der Waals surface area contributed by atoms with Gasteiger partial charge in [-0.05, 0) is 18.2 Å². The Bertz CT molecular complexity index is 665. The Hall–Kier alpha value is -2.18. The maximum absolute atomic E-state index is 11.6. The van der Waals surface area contributed by atoms with Gasteiger partial charge < -0.3 is 10.1 Å². The van der Waals surface area contributed by atoms with Crippen molar-refractivity contribution in [3.63, 3.8) is 0 Å². The predicted molar refractivity (Wildman–Crippen MR) is 77.4 cm³/mol. The lowest BCUT2D eigenvalue weighted by Crippen LogP contribution is -2.21. The summed E-state index contributed by atoms with van der Waals surface area (Å²) >= 11 is 11.6. The van der Waals surface area contributed by atoms with Crippen LogP contribution in [0, 0.1) is 0 Å². The Kier molecular flexibility index (Phi) is 5.08. The minimum absolute atomic E-state index is 0.0276. The van der Waals surface area contributed by atoms with Crippen LogP contribution in [0.25, 0.3) is 0 Å². The van der Waals surface area contributed by atoms with Gasteiger partial charge in [0.2, 0.25) is 0 Å². The minimum Gasteiger partial charge on any atom is -0.451 e. The Morgan fingerprint density at radius 3 is 2.67 bits per heavy atom. The van der Waals surface area contributed by atoms with Crippen LogP contribution in [-0.4, -0.2) is 28.5 Å². The first kappa shape index (κ1) is 15.2. The molecule has 6 nitrogen and oxygen atoms in total. The summed E-state index contributed by atoms with van der Waals surface area (Å²) in [4.78, 5) is 30.7. The topological polar surface area (TPSA) is 81.2 Å². The van der Waals surface area contributed by atoms with E-state index in [-0.39, 0.29) is 5.69 Å². The summed E-state index contributed by atoms with van der Waals surface area (Å²) in [6.45, 7) is -0.449. The Balaban J connectivity index is 1.87. The van der Waals surface area contributed by atoms with Crippen molar-refractivity contribution in [2.24, 2.45) is 0 Å². The first-order valence-corrected chi connectivity index (χ1v) is 6.50. The monoisotopic (exact) mass is 325 g/mol. The molecule has 2 rings (SSSR count). The molecule has 8 heteroatoms. The molecule has 0 aliphatic rings. The van der Waals surface area contributed by atoms with E-state index in [1.54, 1.807) is 12.1 Å². The van der Waals surface area contributed by atoms with Gasteiger partial charge in [-0.2, -0.15) is 0 Å². The summed E-state index contributed by atoms with van der Waals surface area (Å²) in [6.07, 6.45) is 4.03. The van der Waals surface area contributed by atoms with E-state index in [0.717, 1.165) is 0 Å². The zero-order valence-electron chi connectivity index (χ0n) is 10.5. The van der Waals surface area contributed by atoms with Gasteiger partial charge in [-0.15, -0.1) is 0 Å². The SMILES string of the molecule is O=C(COC(=O)c1cnccn1)Nc1ccc(Cl)c(Cl)c1. The third-order valence-electron chi connectivity index (χ3n) is 2.31. The average molecular weight is 326 g/mol. The molecule has 1 aromatic carbocycles. The number of hydrogen-bond acceptors (Lipinski definition) is 5. The van der Waals surface area contributed by atoms with Gasteiger partial charge in [0.15, 0.2) is 12.3 Å². The summed E-state index contributed by atoms with van der Waals surface area (Å²) < 4.78 is 4.80. The van der Waals surface area contributed by atoms with Gasteiger partial charge in [-0.3, -0.25) is 9.78 Å². The van der Waals surface area contributed by atoms with E-state index in [2.05, 4.69) is 15.3 Å². The van der Waals surface area contributed by atoms with Crippen LogP contribution in [0.4, 0.5) is 5.69 Å². The number of benzene rings is 1. The first-order chi connectivity index (χ1) is 10.1. The zero-order chi connectivity index (χ0) is 15.2. The lowest BCUT2D eigenvalue weighted by Gasteiger charge is -2.07. The van der Waals surface area contributed by atoms with Gasteiger partial charge in [0.05, 0.1) is 16.2 Å². The molecule has 1 aromatic heterocycles. The second-order valence-corrected chi connectivity index (χ2v) is 4.66. The van der Waals surface area contributed by atoms with Crippen molar-refractivity contribution in [1.29, 1.82) is 0 Å². The molecule has 1 amide bonds. The first-order valence-electron chi connectivity index (χ1n) is 5.74. The Morgan fingerprint density at radius 2 is 2.00 bits per heavy atom. The van der Waals surface area contributed by atoms with Crippen molar-refractivity contribution < 1.29 is 14.3 Å². The van der Waals surface area contributed by atoms with Crippen LogP contribution in [0.1, 0.15) is 10.5 Å². The molecule has 0 aliphatic heterocycles. The largest absolute Gasteiger partial charge is 0.451 e. The fraction of sp³-hybridized carbons (Fsp3) is 0.0769. The highest BCUT2D eigenvalue weighted by atomic mass is 35.5. The van der Waals surface area contributed by atoms with Crippen molar-refractivity contribution >= 4 is 40.8 Å². The van der Waals surface area contributed by atoms with Gasteiger partial charge in [0, 0.05) is 18.1 Å². The average Bonchev–Trinajstić information content (AvgIpc) is 2.49. The zero-order valence-corrected chi connectivity index (χ0v) is 12.1. The molecule has 1 heterocycles. The highest BCUT2D eigenvalue weighted by Gasteiger charge is 2.11. The summed E-state index contributed by atoms with van der Waals surface area (Å²) in [7, 11) is 0. The lowest BCUT2D eigenvalue weighted by molar-refractivity contribution is -0.119. The molecule has 1 N–H and O–H groups in total. The van der Waals surface area contributed by atoms with E-state index in [4.69, 9.17) is 27.9 Å². The molecule has 0 aliphatic carbocycles. The van der Waals surface area contributed by atoms with Gasteiger partial charge in [-0.25, -0.2) is 9.78 Å². The van der Waals surface area contributed by atoms with Crippen LogP contribution in [0.15, 0.2) is 36.8 Å². The standard InChI is InChI=1S/C13H9Cl2N3O3/c14-9-2-1-8(5-10(9)15)18-12(19)7-21-13(20)11-6-16-3-4-17-11/h1-6H,7H2,(H,18,19). The number of nitrogens with zero attached hydrogens (tertiary/aromatic N) is 2. The molecule has 0 radical (unpaired) electrons. The number of ether oxygens (including phenoxy) is 1. The normalized spacial score (nSPS) is 10.0. The summed E-state index contributed by atoms with van der Waals surface area (Å²) in [5, 5.41) is 3.21. The quantitative estimate of drug-likeness (QED) is 0.874. The molecule has 108 valence electrons. The number of hydrogen-bond donors (Lipinski definition) is 1. The molecule has 0 unspecified atom stereocenters. The highest BCUT2D eigenvalue weighted by molar-refractivity contribution is 6.42. The van der Waals surface area contributed by atoms with Gasteiger partial charge in [-0.1, -0.05) is 23.2 Å². The minimum atomic E-state index is -0.729. The second-order valence-electron chi connectivity index (χ2n) is 3.84. The summed E-state index contributed by atoms with van der Waals surface area (Å²) in [6, 6.07) is 4.62. The van der Waals surface area contributed by atoms with E-state index in [1.807, 2.05) is 0 Å². The van der Waals surface area contributed by atoms with E-state index in [0.29, 0.717) is 15.7 Å². The molecule has 0 atom stereocenters. The van der Waals surface area contributed by atoms with E-state index in [1.165, 1.54) is 24.7 Å².